The molecule has 4 rings (SSSR count). The zero-order valence-electron chi connectivity index (χ0n) is 16.0. The van der Waals surface area contributed by atoms with E-state index in [2.05, 4.69) is 15.4 Å². The molecule has 0 spiro atoms. The molecule has 4 bridgehead atoms. The molecule has 0 saturated heterocycles. The van der Waals surface area contributed by atoms with Crippen molar-refractivity contribution in [3.8, 4) is 0 Å². The van der Waals surface area contributed by atoms with Gasteiger partial charge >= 0.3 is 18.0 Å². The summed E-state index contributed by atoms with van der Waals surface area (Å²) >= 11 is 0. The second kappa shape index (κ2) is 8.46. The highest BCUT2D eigenvalue weighted by molar-refractivity contribution is 5.79. The maximum absolute atomic E-state index is 12.3. The van der Waals surface area contributed by atoms with Crippen LogP contribution < -0.4 is 16.4 Å². The maximum Gasteiger partial charge on any atom is 0.362 e. The molecule has 152 valence electrons. The highest BCUT2D eigenvalue weighted by Crippen LogP contribution is 2.55. The average molecular weight is 381 g/mol. The molecule has 4 N–H and O–H groups in total. The first kappa shape index (κ1) is 19.9. The van der Waals surface area contributed by atoms with Crippen molar-refractivity contribution in [1.82, 2.24) is 10.6 Å². The van der Waals surface area contributed by atoms with Gasteiger partial charge in [-0.1, -0.05) is 0 Å². The average Bonchev–Trinajstić information content (AvgIpc) is 2.57. The van der Waals surface area contributed by atoms with Crippen molar-refractivity contribution < 1.29 is 23.9 Å². The summed E-state index contributed by atoms with van der Waals surface area (Å²) in [4.78, 5) is 35.3. The topological polar surface area (TPSA) is 120 Å². The van der Waals surface area contributed by atoms with Gasteiger partial charge < -0.3 is 20.1 Å². The first-order valence-electron chi connectivity index (χ1n) is 10.1. The maximum atomic E-state index is 12.3. The van der Waals surface area contributed by atoms with Gasteiger partial charge in [-0.15, -0.1) is 0 Å². The highest BCUT2D eigenvalue weighted by atomic mass is 16.6. The van der Waals surface area contributed by atoms with Gasteiger partial charge in [0.1, 0.15) is 0 Å². The molecule has 0 aliphatic heterocycles. The minimum atomic E-state index is -1.40. The predicted octanol–water partition coefficient (Wildman–Crippen LogP) is 1.43. The van der Waals surface area contributed by atoms with Crippen LogP contribution in [0, 0.1) is 17.8 Å². The SMILES string of the molecule is CCOC(=O)C(N)OC(=O)CCCNC(=O)NC12CC3CC(CC(C3)C1)C2. The minimum Gasteiger partial charge on any atom is -0.462 e. The Morgan fingerprint density at radius 3 is 2.26 bits per heavy atom. The van der Waals surface area contributed by atoms with E-state index in [1.54, 1.807) is 6.92 Å². The van der Waals surface area contributed by atoms with Crippen LogP contribution in [0.1, 0.15) is 58.3 Å². The zero-order chi connectivity index (χ0) is 19.4. The molecule has 8 nitrogen and oxygen atoms in total. The molecule has 0 aromatic carbocycles. The van der Waals surface area contributed by atoms with Gasteiger partial charge in [-0.05, 0) is 69.6 Å². The number of rotatable bonds is 8. The lowest BCUT2D eigenvalue weighted by Gasteiger charge is -2.56. The van der Waals surface area contributed by atoms with E-state index in [1.165, 1.54) is 19.3 Å². The molecule has 0 radical (unpaired) electrons. The van der Waals surface area contributed by atoms with Crippen molar-refractivity contribution in [2.24, 2.45) is 23.5 Å². The number of esters is 2. The summed E-state index contributed by atoms with van der Waals surface area (Å²) in [5, 5.41) is 6.06. The monoisotopic (exact) mass is 381 g/mol. The smallest absolute Gasteiger partial charge is 0.362 e. The van der Waals surface area contributed by atoms with Crippen LogP contribution in [0.15, 0.2) is 0 Å². The largest absolute Gasteiger partial charge is 0.462 e. The van der Waals surface area contributed by atoms with Crippen LogP contribution >= 0.6 is 0 Å². The van der Waals surface area contributed by atoms with Crippen molar-refractivity contribution in [2.45, 2.75) is 70.1 Å². The van der Waals surface area contributed by atoms with Crippen LogP contribution in [0.25, 0.3) is 0 Å². The molecular weight excluding hydrogens is 350 g/mol. The van der Waals surface area contributed by atoms with Gasteiger partial charge in [0.2, 0.25) is 6.23 Å². The first-order valence-corrected chi connectivity index (χ1v) is 10.1. The van der Waals surface area contributed by atoms with E-state index in [-0.39, 0.29) is 24.6 Å². The normalized spacial score (nSPS) is 31.9. The molecular formula is C19H31N3O5. The first-order chi connectivity index (χ1) is 12.9. The Hall–Kier alpha value is -1.83. The third kappa shape index (κ3) is 5.12. The van der Waals surface area contributed by atoms with Gasteiger partial charge in [0.15, 0.2) is 0 Å². The quantitative estimate of drug-likeness (QED) is 0.332. The second-order valence-electron chi connectivity index (χ2n) is 8.34. The van der Waals surface area contributed by atoms with E-state index in [9.17, 15) is 14.4 Å². The summed E-state index contributed by atoms with van der Waals surface area (Å²) in [6.45, 7) is 2.18. The van der Waals surface area contributed by atoms with Gasteiger partial charge in [-0.3, -0.25) is 10.5 Å². The Labute approximate surface area is 159 Å². The molecule has 4 aliphatic carbocycles. The van der Waals surface area contributed by atoms with Gasteiger partial charge in [-0.25, -0.2) is 9.59 Å². The number of ether oxygens (including phenoxy) is 2. The summed E-state index contributed by atoms with van der Waals surface area (Å²) in [7, 11) is 0. The number of carbonyl (C=O) groups excluding carboxylic acids is 3. The Bertz CT molecular complexity index is 544. The van der Waals surface area contributed by atoms with Crippen molar-refractivity contribution in [2.75, 3.05) is 13.2 Å². The molecule has 8 heteroatoms. The molecule has 0 aromatic heterocycles. The van der Waals surface area contributed by atoms with Gasteiger partial charge in [0.05, 0.1) is 6.61 Å². The summed E-state index contributed by atoms with van der Waals surface area (Å²) in [5.74, 6) is 0.970. The van der Waals surface area contributed by atoms with Crippen LogP contribution in [0.3, 0.4) is 0 Å². The number of urea groups is 1. The number of carbonyl (C=O) groups is 3. The Morgan fingerprint density at radius 1 is 1.11 bits per heavy atom. The van der Waals surface area contributed by atoms with Gasteiger partial charge in [0.25, 0.3) is 0 Å². The lowest BCUT2D eigenvalue weighted by molar-refractivity contribution is -0.167. The van der Waals surface area contributed by atoms with Crippen LogP contribution in [0.5, 0.6) is 0 Å². The van der Waals surface area contributed by atoms with Crippen LogP contribution in [0.2, 0.25) is 0 Å². The molecule has 4 aliphatic rings. The Morgan fingerprint density at radius 2 is 1.70 bits per heavy atom. The number of hydrogen-bond donors (Lipinski definition) is 3. The summed E-state index contributed by atoms with van der Waals surface area (Å²) in [6.07, 6.45) is 6.40. The van der Waals surface area contributed by atoms with Crippen molar-refractivity contribution in [1.29, 1.82) is 0 Å². The van der Waals surface area contributed by atoms with Crippen LogP contribution in [-0.4, -0.2) is 42.9 Å². The number of amides is 2. The van der Waals surface area contributed by atoms with E-state index in [0.29, 0.717) is 13.0 Å². The van der Waals surface area contributed by atoms with E-state index in [4.69, 9.17) is 10.5 Å². The molecule has 4 fully saturated rings. The van der Waals surface area contributed by atoms with Crippen LogP contribution in [-0.2, 0) is 19.1 Å². The van der Waals surface area contributed by atoms with E-state index in [1.807, 2.05) is 0 Å². The second-order valence-corrected chi connectivity index (χ2v) is 8.34. The summed E-state index contributed by atoms with van der Waals surface area (Å²) in [6, 6.07) is -0.159. The number of nitrogens with two attached hydrogens (primary N) is 1. The molecule has 1 unspecified atom stereocenters. The zero-order valence-corrected chi connectivity index (χ0v) is 16.0. The van der Waals surface area contributed by atoms with Crippen LogP contribution in [0.4, 0.5) is 4.79 Å². The molecule has 2 amide bonds. The molecule has 27 heavy (non-hydrogen) atoms. The summed E-state index contributed by atoms with van der Waals surface area (Å²) < 4.78 is 9.47. The molecule has 1 atom stereocenters. The number of hydrogen-bond acceptors (Lipinski definition) is 6. The highest BCUT2D eigenvalue weighted by Gasteiger charge is 2.51. The minimum absolute atomic E-state index is 0.0236. The predicted molar refractivity (Wildman–Crippen MR) is 97.4 cm³/mol. The van der Waals surface area contributed by atoms with Crippen molar-refractivity contribution in [3.05, 3.63) is 0 Å². The van der Waals surface area contributed by atoms with E-state index < -0.39 is 18.2 Å². The number of nitrogens with one attached hydrogen (secondary N) is 2. The van der Waals surface area contributed by atoms with E-state index >= 15 is 0 Å². The van der Waals surface area contributed by atoms with Gasteiger partial charge in [0, 0.05) is 18.5 Å². The molecule has 0 aromatic rings. The van der Waals surface area contributed by atoms with Crippen molar-refractivity contribution in [3.63, 3.8) is 0 Å². The fourth-order valence-corrected chi connectivity index (χ4v) is 5.46. The third-order valence-corrected chi connectivity index (χ3v) is 6.04. The van der Waals surface area contributed by atoms with Crippen molar-refractivity contribution >= 4 is 18.0 Å². The molecule has 0 heterocycles. The Balaban J connectivity index is 1.32. The van der Waals surface area contributed by atoms with E-state index in [0.717, 1.165) is 37.0 Å². The molecule has 4 saturated carbocycles. The Kier molecular flexibility index (Phi) is 6.24. The fraction of sp³-hybridized carbons (Fsp3) is 0.842. The van der Waals surface area contributed by atoms with Gasteiger partial charge in [-0.2, -0.15) is 0 Å². The summed E-state index contributed by atoms with van der Waals surface area (Å²) in [5.41, 5.74) is 5.40. The lowest BCUT2D eigenvalue weighted by atomic mass is 9.53. The standard InChI is InChI=1S/C19H31N3O5/c1-2-26-17(24)16(20)27-15(23)4-3-5-21-18(25)22-19-9-12-6-13(10-19)8-14(7-12)11-19/h12-14,16H,2-11,20H2,1H3,(H2,21,22,25). The lowest BCUT2D eigenvalue weighted by Crippen LogP contribution is -2.61. The third-order valence-electron chi connectivity index (χ3n) is 6.04. The fourth-order valence-electron chi connectivity index (χ4n) is 5.46.